The molecule has 0 fully saturated rings. The van der Waals surface area contributed by atoms with Gasteiger partial charge >= 0.3 is 17.4 Å². The fourth-order valence-corrected chi connectivity index (χ4v) is 1.70. The molecule has 0 aliphatic rings. The average molecular weight is 305 g/mol. The molecule has 0 spiro atoms. The van der Waals surface area contributed by atoms with Crippen molar-refractivity contribution < 1.29 is 19.1 Å². The molecule has 0 aliphatic carbocycles. The first-order valence-electron chi connectivity index (χ1n) is 6.49. The molecule has 8 heteroatoms. The largest absolute Gasteiger partial charge is 0.493 e. The molecule has 2 rings (SSSR count). The number of methoxy groups -OCH3 is 1. The lowest BCUT2D eigenvalue weighted by molar-refractivity contribution is -0.387. The van der Waals surface area contributed by atoms with Crippen molar-refractivity contribution in [3.05, 3.63) is 40.7 Å². The minimum atomic E-state index is -0.636. The van der Waals surface area contributed by atoms with Gasteiger partial charge in [0.1, 0.15) is 6.33 Å². The molecule has 2 aromatic rings. The van der Waals surface area contributed by atoms with Crippen molar-refractivity contribution in [1.29, 1.82) is 0 Å². The van der Waals surface area contributed by atoms with Crippen molar-refractivity contribution in [1.82, 2.24) is 9.97 Å². The maximum absolute atomic E-state index is 11.3. The topological polar surface area (TPSA) is 96.6 Å². The third-order valence-corrected chi connectivity index (χ3v) is 2.56. The summed E-state index contributed by atoms with van der Waals surface area (Å²) in [7, 11) is 1.48. The van der Waals surface area contributed by atoms with E-state index in [-0.39, 0.29) is 17.9 Å². The number of hydrogen-bond acceptors (Lipinski definition) is 7. The minimum absolute atomic E-state index is 0.139. The van der Waals surface area contributed by atoms with Crippen LogP contribution >= 0.6 is 0 Å². The lowest BCUT2D eigenvalue weighted by Crippen LogP contribution is -2.10. The van der Waals surface area contributed by atoms with Crippen molar-refractivity contribution in [2.24, 2.45) is 0 Å². The number of rotatable bonds is 6. The Bertz CT molecular complexity index is 675. The molecule has 22 heavy (non-hydrogen) atoms. The SMILES string of the molecule is COc1ccccc1Oc1ncnc(OC(C)C)c1[N+](=O)[O-]. The van der Waals surface area contributed by atoms with Crippen molar-refractivity contribution in [2.75, 3.05) is 7.11 Å². The van der Waals surface area contributed by atoms with Gasteiger partial charge in [0.15, 0.2) is 11.5 Å². The predicted octanol–water partition coefficient (Wildman–Crippen LogP) is 2.97. The van der Waals surface area contributed by atoms with Gasteiger partial charge in [-0.2, -0.15) is 9.97 Å². The fourth-order valence-electron chi connectivity index (χ4n) is 1.70. The first kappa shape index (κ1) is 15.5. The summed E-state index contributed by atoms with van der Waals surface area (Å²) in [4.78, 5) is 18.3. The smallest absolute Gasteiger partial charge is 0.392 e. The van der Waals surface area contributed by atoms with E-state index in [1.54, 1.807) is 38.1 Å². The van der Waals surface area contributed by atoms with Crippen LogP contribution in [-0.4, -0.2) is 28.1 Å². The number of aromatic nitrogens is 2. The minimum Gasteiger partial charge on any atom is -0.493 e. The van der Waals surface area contributed by atoms with Crippen LogP contribution in [-0.2, 0) is 0 Å². The van der Waals surface area contributed by atoms with E-state index in [9.17, 15) is 10.1 Å². The zero-order chi connectivity index (χ0) is 16.1. The molecule has 8 nitrogen and oxygen atoms in total. The van der Waals surface area contributed by atoms with Gasteiger partial charge in [0.25, 0.3) is 0 Å². The molecule has 0 N–H and O–H groups in total. The molecule has 0 unspecified atom stereocenters. The third-order valence-electron chi connectivity index (χ3n) is 2.56. The molecule has 0 atom stereocenters. The Morgan fingerprint density at radius 1 is 1.14 bits per heavy atom. The lowest BCUT2D eigenvalue weighted by atomic mass is 10.3. The first-order chi connectivity index (χ1) is 10.5. The Morgan fingerprint density at radius 2 is 1.77 bits per heavy atom. The van der Waals surface area contributed by atoms with Gasteiger partial charge in [-0.3, -0.25) is 10.1 Å². The van der Waals surface area contributed by atoms with Gasteiger partial charge in [-0.15, -0.1) is 0 Å². The van der Waals surface area contributed by atoms with Crippen LogP contribution in [0, 0.1) is 10.1 Å². The second kappa shape index (κ2) is 6.70. The predicted molar refractivity (Wildman–Crippen MR) is 77.5 cm³/mol. The van der Waals surface area contributed by atoms with E-state index in [1.807, 2.05) is 0 Å². The van der Waals surface area contributed by atoms with Crippen molar-refractivity contribution in [3.63, 3.8) is 0 Å². The molecule has 0 aliphatic heterocycles. The molecule has 0 amide bonds. The van der Waals surface area contributed by atoms with Gasteiger partial charge in [-0.25, -0.2) is 0 Å². The first-order valence-corrected chi connectivity index (χ1v) is 6.49. The van der Waals surface area contributed by atoms with Crippen LogP contribution < -0.4 is 14.2 Å². The van der Waals surface area contributed by atoms with Crippen molar-refractivity contribution in [3.8, 4) is 23.3 Å². The van der Waals surface area contributed by atoms with E-state index in [4.69, 9.17) is 14.2 Å². The van der Waals surface area contributed by atoms with Gasteiger partial charge in [0, 0.05) is 0 Å². The van der Waals surface area contributed by atoms with E-state index in [1.165, 1.54) is 7.11 Å². The Labute approximate surface area is 126 Å². The summed E-state index contributed by atoms with van der Waals surface area (Å²) in [5.41, 5.74) is -0.429. The second-order valence-corrected chi connectivity index (χ2v) is 4.51. The Hall–Kier alpha value is -2.90. The van der Waals surface area contributed by atoms with Crippen LogP contribution in [0.2, 0.25) is 0 Å². The van der Waals surface area contributed by atoms with Crippen LogP contribution in [0.25, 0.3) is 0 Å². The molecule has 1 aromatic carbocycles. The highest BCUT2D eigenvalue weighted by molar-refractivity contribution is 5.52. The number of nitro groups is 1. The number of ether oxygens (including phenoxy) is 3. The Balaban J connectivity index is 2.44. The van der Waals surface area contributed by atoms with Crippen molar-refractivity contribution in [2.45, 2.75) is 20.0 Å². The highest BCUT2D eigenvalue weighted by atomic mass is 16.6. The molecule has 0 radical (unpaired) electrons. The summed E-state index contributed by atoms with van der Waals surface area (Å²) in [6.45, 7) is 3.49. The van der Waals surface area contributed by atoms with E-state index < -0.39 is 10.6 Å². The zero-order valence-electron chi connectivity index (χ0n) is 12.3. The van der Waals surface area contributed by atoms with E-state index in [2.05, 4.69) is 9.97 Å². The summed E-state index contributed by atoms with van der Waals surface area (Å²) in [5.74, 6) is 0.393. The molecule has 0 bridgehead atoms. The highest BCUT2D eigenvalue weighted by Crippen LogP contribution is 2.38. The molecule has 0 saturated carbocycles. The van der Waals surface area contributed by atoms with Crippen LogP contribution in [0.15, 0.2) is 30.6 Å². The molecule has 0 saturated heterocycles. The van der Waals surface area contributed by atoms with E-state index >= 15 is 0 Å². The van der Waals surface area contributed by atoms with Gasteiger partial charge in [0.05, 0.1) is 18.1 Å². The number of nitrogens with zero attached hydrogens (tertiary/aromatic N) is 3. The Kier molecular flexibility index (Phi) is 4.72. The molecule has 1 heterocycles. The van der Waals surface area contributed by atoms with Gasteiger partial charge < -0.3 is 14.2 Å². The average Bonchev–Trinajstić information content (AvgIpc) is 2.47. The maximum atomic E-state index is 11.3. The quantitative estimate of drug-likeness (QED) is 0.597. The number of hydrogen-bond donors (Lipinski definition) is 0. The van der Waals surface area contributed by atoms with Crippen LogP contribution in [0.1, 0.15) is 13.8 Å². The molecule has 116 valence electrons. The van der Waals surface area contributed by atoms with Gasteiger partial charge in [-0.05, 0) is 26.0 Å². The summed E-state index contributed by atoms with van der Waals surface area (Å²) in [6.07, 6.45) is 0.878. The van der Waals surface area contributed by atoms with Crippen molar-refractivity contribution >= 4 is 5.69 Å². The molecular formula is C14H15N3O5. The van der Waals surface area contributed by atoms with Gasteiger partial charge in [-0.1, -0.05) is 12.1 Å². The summed E-state index contributed by atoms with van der Waals surface area (Å²) in [6, 6.07) is 6.77. The Morgan fingerprint density at radius 3 is 2.36 bits per heavy atom. The lowest BCUT2D eigenvalue weighted by Gasteiger charge is -2.12. The maximum Gasteiger partial charge on any atom is 0.392 e. The summed E-state index contributed by atoms with van der Waals surface area (Å²) in [5, 5.41) is 11.3. The standard InChI is InChI=1S/C14H15N3O5/c1-9(2)21-13-12(17(18)19)14(16-8-15-13)22-11-7-5-4-6-10(11)20-3/h4-9H,1-3H3. The van der Waals surface area contributed by atoms with Crippen LogP contribution in [0.3, 0.4) is 0 Å². The van der Waals surface area contributed by atoms with E-state index in [0.717, 1.165) is 6.33 Å². The summed E-state index contributed by atoms with van der Waals surface area (Å²) >= 11 is 0. The normalized spacial score (nSPS) is 10.4. The van der Waals surface area contributed by atoms with E-state index in [0.29, 0.717) is 11.5 Å². The fraction of sp³-hybridized carbons (Fsp3) is 0.286. The second-order valence-electron chi connectivity index (χ2n) is 4.51. The third kappa shape index (κ3) is 3.40. The molecular weight excluding hydrogens is 290 g/mol. The van der Waals surface area contributed by atoms with Crippen LogP contribution in [0.4, 0.5) is 5.69 Å². The summed E-state index contributed by atoms with van der Waals surface area (Å²) < 4.78 is 16.0. The highest BCUT2D eigenvalue weighted by Gasteiger charge is 2.27. The molecule has 1 aromatic heterocycles. The zero-order valence-corrected chi connectivity index (χ0v) is 12.3. The number of para-hydroxylation sites is 2. The monoisotopic (exact) mass is 305 g/mol. The van der Waals surface area contributed by atoms with Gasteiger partial charge in [0.2, 0.25) is 0 Å². The van der Waals surface area contributed by atoms with Crippen LogP contribution in [0.5, 0.6) is 23.3 Å². The number of benzene rings is 1.